The monoisotopic (exact) mass is 393 g/mol. The van der Waals surface area contributed by atoms with Crippen LogP contribution < -0.4 is 24.7 Å². The van der Waals surface area contributed by atoms with Gasteiger partial charge in [0.15, 0.2) is 11.5 Å². The van der Waals surface area contributed by atoms with E-state index in [1.54, 1.807) is 24.3 Å². The molecule has 0 aliphatic heterocycles. The Labute approximate surface area is 155 Å². The Hall–Kier alpha value is -2.32. The van der Waals surface area contributed by atoms with Crippen LogP contribution in [0.5, 0.6) is 23.0 Å². The summed E-state index contributed by atoms with van der Waals surface area (Å²) in [6.07, 6.45) is -4.84. The summed E-state index contributed by atoms with van der Waals surface area (Å²) in [4.78, 5) is 0. The molecule has 0 aromatic heterocycles. The van der Waals surface area contributed by atoms with Crippen LogP contribution in [-0.4, -0.2) is 33.7 Å². The highest BCUT2D eigenvalue weighted by molar-refractivity contribution is 5.85. The molecular formula is C17H19ClF3NO4. The Balaban J connectivity index is 0.00000338. The number of benzene rings is 2. The van der Waals surface area contributed by atoms with Gasteiger partial charge in [-0.15, -0.1) is 25.6 Å². The van der Waals surface area contributed by atoms with Crippen molar-refractivity contribution in [2.75, 3.05) is 27.4 Å². The van der Waals surface area contributed by atoms with Crippen LogP contribution in [0.1, 0.15) is 0 Å². The minimum atomic E-state index is -4.84. The molecule has 0 fully saturated rings. The summed E-state index contributed by atoms with van der Waals surface area (Å²) < 4.78 is 57.7. The van der Waals surface area contributed by atoms with Crippen LogP contribution in [0.4, 0.5) is 13.2 Å². The predicted molar refractivity (Wildman–Crippen MR) is 93.5 cm³/mol. The second kappa shape index (κ2) is 9.40. The lowest BCUT2D eigenvalue weighted by Crippen LogP contribution is -2.18. The van der Waals surface area contributed by atoms with E-state index in [4.69, 9.17) is 19.9 Å². The van der Waals surface area contributed by atoms with Crippen LogP contribution in [0.15, 0.2) is 36.4 Å². The summed E-state index contributed by atoms with van der Waals surface area (Å²) in [6.45, 7) is 0.235. The average Bonchev–Trinajstić information content (AvgIpc) is 2.58. The molecule has 0 unspecified atom stereocenters. The van der Waals surface area contributed by atoms with Gasteiger partial charge in [0.05, 0.1) is 14.2 Å². The molecule has 2 aromatic carbocycles. The first-order valence-corrected chi connectivity index (χ1v) is 7.33. The van der Waals surface area contributed by atoms with E-state index >= 15 is 0 Å². The largest absolute Gasteiger partial charge is 0.573 e. The minimum Gasteiger partial charge on any atom is -0.497 e. The summed E-state index contributed by atoms with van der Waals surface area (Å²) in [5.74, 6) is 0.526. The Morgan fingerprint density at radius 2 is 1.65 bits per heavy atom. The smallest absolute Gasteiger partial charge is 0.497 e. The third-order valence-electron chi connectivity index (χ3n) is 3.26. The fourth-order valence-corrected chi connectivity index (χ4v) is 2.21. The number of ether oxygens (including phenoxy) is 4. The van der Waals surface area contributed by atoms with E-state index in [-0.39, 0.29) is 31.3 Å². The third kappa shape index (κ3) is 5.60. The lowest BCUT2D eigenvalue weighted by Gasteiger charge is -2.16. The zero-order valence-electron chi connectivity index (χ0n) is 14.1. The van der Waals surface area contributed by atoms with Crippen molar-refractivity contribution in [2.24, 2.45) is 5.73 Å². The molecule has 144 valence electrons. The van der Waals surface area contributed by atoms with Crippen LogP contribution in [0, 0.1) is 0 Å². The molecule has 0 radical (unpaired) electrons. The van der Waals surface area contributed by atoms with Crippen LogP contribution in [0.3, 0.4) is 0 Å². The van der Waals surface area contributed by atoms with Gasteiger partial charge in [-0.2, -0.15) is 0 Å². The van der Waals surface area contributed by atoms with Gasteiger partial charge in [-0.1, -0.05) is 6.07 Å². The van der Waals surface area contributed by atoms with Crippen molar-refractivity contribution in [2.45, 2.75) is 6.36 Å². The van der Waals surface area contributed by atoms with Crippen LogP contribution >= 0.6 is 12.4 Å². The highest BCUT2D eigenvalue weighted by Crippen LogP contribution is 2.39. The summed E-state index contributed by atoms with van der Waals surface area (Å²) in [7, 11) is 2.97. The zero-order valence-corrected chi connectivity index (χ0v) is 14.9. The molecule has 9 heteroatoms. The Morgan fingerprint density at radius 3 is 2.23 bits per heavy atom. The average molecular weight is 394 g/mol. The number of nitrogens with two attached hydrogens (primary N) is 1. The third-order valence-corrected chi connectivity index (χ3v) is 3.26. The molecule has 5 nitrogen and oxygen atoms in total. The fourth-order valence-electron chi connectivity index (χ4n) is 2.21. The van der Waals surface area contributed by atoms with Gasteiger partial charge in [0.2, 0.25) is 0 Å². The number of rotatable bonds is 7. The summed E-state index contributed by atoms with van der Waals surface area (Å²) in [5, 5.41) is 0. The van der Waals surface area contributed by atoms with Gasteiger partial charge >= 0.3 is 6.36 Å². The van der Waals surface area contributed by atoms with E-state index in [1.807, 2.05) is 0 Å². The molecule has 0 amide bonds. The molecule has 2 N–H and O–H groups in total. The van der Waals surface area contributed by atoms with Crippen molar-refractivity contribution in [3.63, 3.8) is 0 Å². The molecule has 0 aliphatic rings. The van der Waals surface area contributed by atoms with Gasteiger partial charge in [-0.3, -0.25) is 0 Å². The second-order valence-corrected chi connectivity index (χ2v) is 4.91. The van der Waals surface area contributed by atoms with E-state index < -0.39 is 12.1 Å². The van der Waals surface area contributed by atoms with Crippen molar-refractivity contribution < 1.29 is 32.1 Å². The van der Waals surface area contributed by atoms with E-state index in [1.165, 1.54) is 26.4 Å². The SMILES string of the molecule is COc1ccc(-c2ccc(OCCN)c(OC(F)(F)F)c2)c(OC)c1.Cl. The molecule has 0 saturated heterocycles. The number of halogens is 4. The van der Waals surface area contributed by atoms with Gasteiger partial charge < -0.3 is 24.7 Å². The maximum atomic E-state index is 12.7. The van der Waals surface area contributed by atoms with Gasteiger partial charge in [-0.05, 0) is 29.8 Å². The molecule has 2 aromatic rings. The highest BCUT2D eigenvalue weighted by atomic mass is 35.5. The lowest BCUT2D eigenvalue weighted by molar-refractivity contribution is -0.275. The van der Waals surface area contributed by atoms with Crippen LogP contribution in [-0.2, 0) is 0 Å². The Morgan fingerprint density at radius 1 is 0.923 bits per heavy atom. The molecule has 0 aliphatic carbocycles. The zero-order chi connectivity index (χ0) is 18.4. The number of alkyl halides is 3. The molecule has 0 spiro atoms. The molecule has 0 saturated carbocycles. The van der Waals surface area contributed by atoms with Crippen molar-refractivity contribution in [1.29, 1.82) is 0 Å². The van der Waals surface area contributed by atoms with E-state index in [0.717, 1.165) is 0 Å². The fraction of sp³-hybridized carbons (Fsp3) is 0.294. The maximum Gasteiger partial charge on any atom is 0.573 e. The van der Waals surface area contributed by atoms with Crippen molar-refractivity contribution in [3.8, 4) is 34.1 Å². The van der Waals surface area contributed by atoms with Gasteiger partial charge in [0.25, 0.3) is 0 Å². The number of hydrogen-bond donors (Lipinski definition) is 1. The van der Waals surface area contributed by atoms with Gasteiger partial charge in [0.1, 0.15) is 18.1 Å². The lowest BCUT2D eigenvalue weighted by atomic mass is 10.0. The predicted octanol–water partition coefficient (Wildman–Crippen LogP) is 4.03. The topological polar surface area (TPSA) is 62.9 Å². The molecule has 0 bridgehead atoms. The summed E-state index contributed by atoms with van der Waals surface area (Å²) >= 11 is 0. The van der Waals surface area contributed by atoms with Gasteiger partial charge in [0, 0.05) is 18.2 Å². The first-order chi connectivity index (χ1) is 11.9. The van der Waals surface area contributed by atoms with Crippen molar-refractivity contribution in [3.05, 3.63) is 36.4 Å². The summed E-state index contributed by atoms with van der Waals surface area (Å²) in [6, 6.07) is 9.25. The number of methoxy groups -OCH3 is 2. The standard InChI is InChI=1S/C17H18F3NO4.ClH/c1-22-12-4-5-13(15(10-12)23-2)11-3-6-14(24-8-7-21)16(9-11)25-17(18,19)20;/h3-6,9-10H,7-8,21H2,1-2H3;1H. The molecule has 26 heavy (non-hydrogen) atoms. The summed E-state index contributed by atoms with van der Waals surface area (Å²) in [5.41, 5.74) is 6.38. The first-order valence-electron chi connectivity index (χ1n) is 7.33. The van der Waals surface area contributed by atoms with Crippen molar-refractivity contribution >= 4 is 12.4 Å². The quantitative estimate of drug-likeness (QED) is 0.769. The highest BCUT2D eigenvalue weighted by Gasteiger charge is 2.32. The number of hydrogen-bond acceptors (Lipinski definition) is 5. The minimum absolute atomic E-state index is 0. The normalized spacial score (nSPS) is 10.7. The first kappa shape index (κ1) is 21.7. The van der Waals surface area contributed by atoms with E-state index in [9.17, 15) is 13.2 Å². The Kier molecular flexibility index (Phi) is 7.85. The molecular weight excluding hydrogens is 375 g/mol. The van der Waals surface area contributed by atoms with E-state index in [0.29, 0.717) is 22.6 Å². The molecule has 2 rings (SSSR count). The van der Waals surface area contributed by atoms with Crippen LogP contribution in [0.2, 0.25) is 0 Å². The Bertz CT molecular complexity index is 726. The van der Waals surface area contributed by atoms with Crippen molar-refractivity contribution in [1.82, 2.24) is 0 Å². The van der Waals surface area contributed by atoms with Crippen LogP contribution in [0.25, 0.3) is 11.1 Å². The second-order valence-electron chi connectivity index (χ2n) is 4.91. The molecule has 0 heterocycles. The molecule has 0 atom stereocenters. The van der Waals surface area contributed by atoms with Gasteiger partial charge in [-0.25, -0.2) is 0 Å². The van der Waals surface area contributed by atoms with E-state index in [2.05, 4.69) is 4.74 Å². The maximum absolute atomic E-state index is 12.7.